The molecule has 2 fully saturated rings. The Morgan fingerprint density at radius 2 is 1.74 bits per heavy atom. The summed E-state index contributed by atoms with van der Waals surface area (Å²) in [5.74, 6) is -0.0439. The summed E-state index contributed by atoms with van der Waals surface area (Å²) in [6.07, 6.45) is 5.76. The van der Waals surface area contributed by atoms with Crippen LogP contribution in [0.2, 0.25) is 0 Å². The zero-order valence-corrected chi connectivity index (χ0v) is 20.5. The lowest BCUT2D eigenvalue weighted by atomic mass is 9.69. The summed E-state index contributed by atoms with van der Waals surface area (Å²) in [5.41, 5.74) is -0.403. The lowest BCUT2D eigenvalue weighted by Gasteiger charge is -2.39. The highest BCUT2D eigenvalue weighted by atomic mass is 16.6. The van der Waals surface area contributed by atoms with E-state index >= 15 is 0 Å². The fraction of sp³-hybridized carbons (Fsp3) is 0.875. The highest BCUT2D eigenvalue weighted by Crippen LogP contribution is 2.41. The van der Waals surface area contributed by atoms with E-state index in [-0.39, 0.29) is 23.4 Å². The van der Waals surface area contributed by atoms with E-state index in [1.165, 1.54) is 6.42 Å². The number of likely N-dealkylation sites (tertiary alicyclic amines) is 1. The molecular formula is C24H42N2O5. The minimum atomic E-state index is -0.771. The third kappa shape index (κ3) is 7.11. The molecule has 1 N–H and O–H groups in total. The van der Waals surface area contributed by atoms with Gasteiger partial charge in [-0.05, 0) is 77.6 Å². The van der Waals surface area contributed by atoms with Crippen molar-refractivity contribution in [2.24, 2.45) is 11.3 Å². The van der Waals surface area contributed by atoms with Gasteiger partial charge in [0, 0.05) is 6.54 Å². The van der Waals surface area contributed by atoms with E-state index in [1.54, 1.807) is 32.6 Å². The first kappa shape index (κ1) is 25.5. The highest BCUT2D eigenvalue weighted by molar-refractivity contribution is 5.90. The molecule has 2 rings (SSSR count). The van der Waals surface area contributed by atoms with E-state index in [1.807, 2.05) is 0 Å². The van der Waals surface area contributed by atoms with Crippen LogP contribution in [0.5, 0.6) is 0 Å². The topological polar surface area (TPSA) is 84.9 Å². The van der Waals surface area contributed by atoms with Crippen LogP contribution in [0.1, 0.15) is 93.4 Å². The van der Waals surface area contributed by atoms with Crippen molar-refractivity contribution >= 4 is 18.0 Å². The normalized spacial score (nSPS) is 25.6. The highest BCUT2D eigenvalue weighted by Gasteiger charge is 2.40. The molecule has 0 aromatic heterocycles. The summed E-state index contributed by atoms with van der Waals surface area (Å²) in [5, 5.41) is 2.58. The Bertz CT molecular complexity index is 655. The lowest BCUT2D eigenvalue weighted by Crippen LogP contribution is -2.51. The van der Waals surface area contributed by atoms with Gasteiger partial charge in [-0.15, -0.1) is 0 Å². The van der Waals surface area contributed by atoms with Crippen molar-refractivity contribution in [3.8, 4) is 0 Å². The standard InChI is InChI=1S/C24H42N2O5/c1-8-24(6,7)17-11-9-12-18(15-17)30-21(28)19-13-10-14-26(19)20(27)16(2)25-22(29)31-23(3,4)5/h16-19H,8-15H2,1-7H3,(H,25,29)/t16-,17?,18?,19-/m0/s1. The van der Waals surface area contributed by atoms with Crippen LogP contribution < -0.4 is 5.32 Å². The van der Waals surface area contributed by atoms with Crippen molar-refractivity contribution in [1.82, 2.24) is 10.2 Å². The molecule has 1 heterocycles. The summed E-state index contributed by atoms with van der Waals surface area (Å²) in [4.78, 5) is 39.4. The van der Waals surface area contributed by atoms with Crippen LogP contribution in [0.4, 0.5) is 4.79 Å². The molecule has 2 aliphatic rings. The Morgan fingerprint density at radius 3 is 2.35 bits per heavy atom. The van der Waals surface area contributed by atoms with Crippen molar-refractivity contribution < 1.29 is 23.9 Å². The van der Waals surface area contributed by atoms with E-state index in [4.69, 9.17) is 9.47 Å². The van der Waals surface area contributed by atoms with Crippen LogP contribution in [-0.2, 0) is 19.1 Å². The second-order valence-electron chi connectivity index (χ2n) is 10.8. The molecule has 1 aliphatic carbocycles. The van der Waals surface area contributed by atoms with E-state index in [0.29, 0.717) is 18.9 Å². The SMILES string of the molecule is CCC(C)(C)C1CCCC(OC(=O)[C@@H]2CCCN2C(=O)[C@H](C)NC(=O)OC(C)(C)C)C1. The second-order valence-corrected chi connectivity index (χ2v) is 10.8. The number of esters is 1. The Balaban J connectivity index is 1.94. The number of carbonyl (C=O) groups excluding carboxylic acids is 3. The fourth-order valence-corrected chi connectivity index (χ4v) is 4.56. The predicted molar refractivity (Wildman–Crippen MR) is 119 cm³/mol. The summed E-state index contributed by atoms with van der Waals surface area (Å²) < 4.78 is 11.1. The van der Waals surface area contributed by atoms with Gasteiger partial charge in [-0.2, -0.15) is 0 Å². The molecule has 0 spiro atoms. The van der Waals surface area contributed by atoms with E-state index in [9.17, 15) is 14.4 Å². The number of alkyl carbamates (subject to hydrolysis) is 1. The lowest BCUT2D eigenvalue weighted by molar-refractivity contribution is -0.161. The van der Waals surface area contributed by atoms with Gasteiger partial charge in [0.2, 0.25) is 5.91 Å². The maximum Gasteiger partial charge on any atom is 0.408 e. The molecule has 1 saturated heterocycles. The van der Waals surface area contributed by atoms with Crippen molar-refractivity contribution in [3.05, 3.63) is 0 Å². The molecule has 7 nitrogen and oxygen atoms in total. The maximum absolute atomic E-state index is 13.0. The monoisotopic (exact) mass is 438 g/mol. The van der Waals surface area contributed by atoms with Crippen LogP contribution in [0.25, 0.3) is 0 Å². The summed E-state index contributed by atoms with van der Waals surface area (Å²) in [6, 6.07) is -1.34. The molecule has 4 atom stereocenters. The zero-order chi connectivity index (χ0) is 23.4. The first-order valence-corrected chi connectivity index (χ1v) is 11.8. The predicted octanol–water partition coefficient (Wildman–Crippen LogP) is 4.43. The molecule has 2 unspecified atom stereocenters. The summed E-state index contributed by atoms with van der Waals surface area (Å²) in [6.45, 7) is 14.2. The first-order chi connectivity index (χ1) is 14.3. The number of amides is 2. The smallest absolute Gasteiger partial charge is 0.408 e. The van der Waals surface area contributed by atoms with Crippen LogP contribution in [0.15, 0.2) is 0 Å². The molecule has 178 valence electrons. The van der Waals surface area contributed by atoms with Gasteiger partial charge in [0.1, 0.15) is 23.8 Å². The second kappa shape index (κ2) is 10.2. The minimum Gasteiger partial charge on any atom is -0.461 e. The molecule has 0 aromatic rings. The molecule has 0 radical (unpaired) electrons. The van der Waals surface area contributed by atoms with E-state index in [0.717, 1.165) is 32.1 Å². The Labute approximate surface area is 187 Å². The van der Waals surface area contributed by atoms with Crippen molar-refractivity contribution in [3.63, 3.8) is 0 Å². The maximum atomic E-state index is 13.0. The Kier molecular flexibility index (Phi) is 8.40. The zero-order valence-electron chi connectivity index (χ0n) is 20.5. The van der Waals surface area contributed by atoms with Crippen molar-refractivity contribution in [2.75, 3.05) is 6.54 Å². The van der Waals surface area contributed by atoms with Gasteiger partial charge < -0.3 is 19.7 Å². The quantitative estimate of drug-likeness (QED) is 0.620. The fourth-order valence-electron chi connectivity index (χ4n) is 4.56. The summed E-state index contributed by atoms with van der Waals surface area (Å²) in [7, 11) is 0. The molecule has 0 aromatic carbocycles. The largest absolute Gasteiger partial charge is 0.461 e. The van der Waals surface area contributed by atoms with Crippen LogP contribution >= 0.6 is 0 Å². The number of rotatable bonds is 6. The van der Waals surface area contributed by atoms with E-state index < -0.39 is 23.8 Å². The minimum absolute atomic E-state index is 0.0769. The van der Waals surface area contributed by atoms with Crippen molar-refractivity contribution in [1.29, 1.82) is 0 Å². The number of hydrogen-bond acceptors (Lipinski definition) is 5. The number of nitrogens with one attached hydrogen (secondary N) is 1. The van der Waals surface area contributed by atoms with E-state index in [2.05, 4.69) is 26.1 Å². The average molecular weight is 439 g/mol. The molecule has 7 heteroatoms. The average Bonchev–Trinajstić information content (AvgIpc) is 3.15. The van der Waals surface area contributed by atoms with Gasteiger partial charge in [-0.25, -0.2) is 9.59 Å². The third-order valence-electron chi connectivity index (χ3n) is 6.84. The number of ether oxygens (including phenoxy) is 2. The molecule has 2 amide bonds. The molecule has 1 saturated carbocycles. The third-order valence-corrected chi connectivity index (χ3v) is 6.84. The molecular weight excluding hydrogens is 396 g/mol. The first-order valence-electron chi connectivity index (χ1n) is 11.8. The number of nitrogens with zero attached hydrogens (tertiary/aromatic N) is 1. The number of hydrogen-bond donors (Lipinski definition) is 1. The molecule has 1 aliphatic heterocycles. The Hall–Kier alpha value is -1.79. The van der Waals surface area contributed by atoms with Gasteiger partial charge >= 0.3 is 12.1 Å². The van der Waals surface area contributed by atoms with Gasteiger partial charge in [-0.3, -0.25) is 4.79 Å². The van der Waals surface area contributed by atoms with Gasteiger partial charge in [0.25, 0.3) is 0 Å². The van der Waals surface area contributed by atoms with Crippen molar-refractivity contribution in [2.45, 2.75) is 117 Å². The molecule has 31 heavy (non-hydrogen) atoms. The Morgan fingerprint density at radius 1 is 1.06 bits per heavy atom. The molecule has 0 bridgehead atoms. The number of carbonyl (C=O) groups is 3. The van der Waals surface area contributed by atoms with Crippen LogP contribution in [-0.4, -0.2) is 53.2 Å². The van der Waals surface area contributed by atoms with Crippen LogP contribution in [0, 0.1) is 11.3 Å². The van der Waals surface area contributed by atoms with Gasteiger partial charge in [0.05, 0.1) is 0 Å². The van der Waals surface area contributed by atoms with Crippen LogP contribution in [0.3, 0.4) is 0 Å². The van der Waals surface area contributed by atoms with Gasteiger partial charge in [-0.1, -0.05) is 27.2 Å². The summed E-state index contributed by atoms with van der Waals surface area (Å²) >= 11 is 0. The van der Waals surface area contributed by atoms with Gasteiger partial charge in [0.15, 0.2) is 0 Å².